The number of aliphatic hydroxyl groups is 1. The van der Waals surface area contributed by atoms with Crippen LogP contribution in [-0.2, 0) is 4.79 Å². The molecular formula is C22H32FNO2. The first-order valence-electron chi connectivity index (χ1n) is 10.2. The van der Waals surface area contributed by atoms with Crippen LogP contribution in [-0.4, -0.2) is 17.5 Å². The fourth-order valence-corrected chi connectivity index (χ4v) is 7.61. The zero-order valence-corrected chi connectivity index (χ0v) is 16.3. The molecule has 4 heteroatoms. The van der Waals surface area contributed by atoms with Crippen LogP contribution in [0.2, 0.25) is 0 Å². The van der Waals surface area contributed by atoms with Crippen LogP contribution in [0.5, 0.6) is 0 Å². The number of allylic oxidation sites excluding steroid dienone is 2. The SMILES string of the molecule is C[C@H]1CC(=C(F)CO)[C@@]2(C)CC[C@H]3[C@@H](CCC4=C(N)C(=O)CC[C@@]43C)[C@H]12. The summed E-state index contributed by atoms with van der Waals surface area (Å²) in [6.07, 6.45) is 6.26. The number of fused-ring (bicyclic) bond motifs is 5. The molecule has 4 aliphatic rings. The summed E-state index contributed by atoms with van der Waals surface area (Å²) in [5.74, 6) is 1.83. The van der Waals surface area contributed by atoms with Crippen molar-refractivity contribution in [3.05, 3.63) is 22.7 Å². The van der Waals surface area contributed by atoms with Crippen LogP contribution in [0.4, 0.5) is 4.39 Å². The molecule has 0 spiro atoms. The Morgan fingerprint density at radius 1 is 1.23 bits per heavy atom. The van der Waals surface area contributed by atoms with Crippen LogP contribution in [0.1, 0.15) is 65.7 Å². The zero-order chi connectivity index (χ0) is 18.9. The van der Waals surface area contributed by atoms with Gasteiger partial charge in [0.2, 0.25) is 0 Å². The smallest absolute Gasteiger partial charge is 0.178 e. The number of hydrogen-bond donors (Lipinski definition) is 2. The third-order valence-electron chi connectivity index (χ3n) is 8.72. The predicted octanol–water partition coefficient (Wildman–Crippen LogP) is 4.27. The van der Waals surface area contributed by atoms with Crippen LogP contribution < -0.4 is 5.73 Å². The number of nitrogens with two attached hydrogens (primary N) is 1. The molecule has 0 saturated heterocycles. The molecule has 26 heavy (non-hydrogen) atoms. The number of hydrogen-bond acceptors (Lipinski definition) is 3. The van der Waals surface area contributed by atoms with E-state index < -0.39 is 6.61 Å². The van der Waals surface area contributed by atoms with Gasteiger partial charge in [-0.1, -0.05) is 20.8 Å². The molecule has 4 rings (SSSR count). The van der Waals surface area contributed by atoms with Crippen molar-refractivity contribution >= 4 is 5.78 Å². The van der Waals surface area contributed by atoms with Gasteiger partial charge in [0.25, 0.3) is 0 Å². The Labute approximate surface area is 155 Å². The molecular weight excluding hydrogens is 329 g/mol. The summed E-state index contributed by atoms with van der Waals surface area (Å²) < 4.78 is 14.5. The summed E-state index contributed by atoms with van der Waals surface area (Å²) in [6.45, 7) is 6.34. The van der Waals surface area contributed by atoms with Gasteiger partial charge in [-0.15, -0.1) is 0 Å². The van der Waals surface area contributed by atoms with Crippen LogP contribution in [0, 0.1) is 34.5 Å². The van der Waals surface area contributed by atoms with E-state index in [1.807, 2.05) is 0 Å². The van der Waals surface area contributed by atoms with Crippen LogP contribution in [0.15, 0.2) is 22.7 Å². The fraction of sp³-hybridized carbons (Fsp3) is 0.773. The maximum atomic E-state index is 14.5. The molecule has 6 atom stereocenters. The number of carbonyl (C=O) groups is 1. The van der Waals surface area contributed by atoms with E-state index in [9.17, 15) is 14.3 Å². The van der Waals surface area contributed by atoms with Gasteiger partial charge >= 0.3 is 0 Å². The van der Waals surface area contributed by atoms with E-state index in [4.69, 9.17) is 5.73 Å². The lowest BCUT2D eigenvalue weighted by Gasteiger charge is -2.58. The largest absolute Gasteiger partial charge is 0.396 e. The third kappa shape index (κ3) is 2.23. The van der Waals surface area contributed by atoms with Gasteiger partial charge in [0, 0.05) is 6.42 Å². The Kier molecular flexibility index (Phi) is 4.15. The summed E-state index contributed by atoms with van der Waals surface area (Å²) in [5.41, 5.74) is 8.76. The van der Waals surface area contributed by atoms with Gasteiger partial charge in [-0.25, -0.2) is 4.39 Å². The highest BCUT2D eigenvalue weighted by Gasteiger charge is 2.60. The van der Waals surface area contributed by atoms with E-state index in [1.165, 1.54) is 5.57 Å². The van der Waals surface area contributed by atoms with E-state index in [0.29, 0.717) is 35.8 Å². The van der Waals surface area contributed by atoms with Crippen molar-refractivity contribution in [2.24, 2.45) is 40.2 Å². The summed E-state index contributed by atoms with van der Waals surface area (Å²) in [7, 11) is 0. The number of halogens is 1. The summed E-state index contributed by atoms with van der Waals surface area (Å²) in [5, 5.41) is 9.38. The quantitative estimate of drug-likeness (QED) is 0.733. The van der Waals surface area contributed by atoms with Gasteiger partial charge in [-0.3, -0.25) is 4.79 Å². The lowest BCUT2D eigenvalue weighted by Crippen LogP contribution is -2.51. The van der Waals surface area contributed by atoms with Crippen molar-refractivity contribution in [3.8, 4) is 0 Å². The highest BCUT2D eigenvalue weighted by molar-refractivity contribution is 5.96. The van der Waals surface area contributed by atoms with E-state index >= 15 is 0 Å². The fourth-order valence-electron chi connectivity index (χ4n) is 7.61. The molecule has 3 saturated carbocycles. The number of rotatable bonds is 1. The Morgan fingerprint density at radius 2 is 1.96 bits per heavy atom. The molecule has 0 radical (unpaired) electrons. The third-order valence-corrected chi connectivity index (χ3v) is 8.72. The van der Waals surface area contributed by atoms with Gasteiger partial charge < -0.3 is 10.8 Å². The number of aliphatic hydroxyl groups excluding tert-OH is 1. The van der Waals surface area contributed by atoms with Gasteiger partial charge in [-0.2, -0.15) is 0 Å². The van der Waals surface area contributed by atoms with Crippen molar-refractivity contribution in [1.29, 1.82) is 0 Å². The van der Waals surface area contributed by atoms with E-state index in [2.05, 4.69) is 20.8 Å². The van der Waals surface area contributed by atoms with E-state index in [-0.39, 0.29) is 22.4 Å². The predicted molar refractivity (Wildman–Crippen MR) is 99.6 cm³/mol. The van der Waals surface area contributed by atoms with Crippen molar-refractivity contribution in [2.75, 3.05) is 6.61 Å². The first kappa shape index (κ1) is 18.2. The minimum absolute atomic E-state index is 0.0317. The average molecular weight is 362 g/mol. The van der Waals surface area contributed by atoms with Crippen molar-refractivity contribution in [1.82, 2.24) is 0 Å². The molecule has 4 aliphatic carbocycles. The molecule has 0 aromatic rings. The van der Waals surface area contributed by atoms with Crippen LogP contribution in [0.3, 0.4) is 0 Å². The van der Waals surface area contributed by atoms with Gasteiger partial charge in [0.05, 0.1) is 12.3 Å². The highest BCUT2D eigenvalue weighted by atomic mass is 19.1. The van der Waals surface area contributed by atoms with Crippen LogP contribution in [0.25, 0.3) is 0 Å². The second kappa shape index (κ2) is 5.92. The Morgan fingerprint density at radius 3 is 2.65 bits per heavy atom. The van der Waals surface area contributed by atoms with E-state index in [0.717, 1.165) is 44.1 Å². The standard InChI is InChI=1S/C22H32FNO2/c1-12-10-16(17(23)11-25)22(3)8-6-14-13(19(12)22)4-5-15-20(24)18(26)7-9-21(14,15)2/h12-14,19,25H,4-11,24H2,1-3H3/t12-,13+,14-,19-,21+,22+/m0/s1. The minimum Gasteiger partial charge on any atom is -0.396 e. The molecule has 3 nitrogen and oxygen atoms in total. The molecule has 3 fully saturated rings. The summed E-state index contributed by atoms with van der Waals surface area (Å²) in [6, 6.07) is 0. The number of Topliss-reactive ketones (excluding diaryl/α,β-unsaturated/α-hetero) is 1. The normalized spacial score (nSPS) is 47.3. The Hall–Kier alpha value is -1.16. The first-order chi connectivity index (χ1) is 12.2. The Balaban J connectivity index is 1.74. The molecule has 0 amide bonds. The first-order valence-corrected chi connectivity index (χ1v) is 10.2. The van der Waals surface area contributed by atoms with Gasteiger partial charge in [0.15, 0.2) is 5.78 Å². The van der Waals surface area contributed by atoms with Crippen molar-refractivity contribution in [2.45, 2.75) is 65.7 Å². The molecule has 0 aromatic carbocycles. The molecule has 0 aromatic heterocycles. The lowest BCUT2D eigenvalue weighted by atomic mass is 9.46. The minimum atomic E-state index is -0.471. The highest BCUT2D eigenvalue weighted by Crippen LogP contribution is 2.68. The molecule has 0 bridgehead atoms. The molecule has 0 unspecified atom stereocenters. The monoisotopic (exact) mass is 361 g/mol. The van der Waals surface area contributed by atoms with Crippen molar-refractivity contribution in [3.63, 3.8) is 0 Å². The van der Waals surface area contributed by atoms with E-state index in [1.54, 1.807) is 0 Å². The van der Waals surface area contributed by atoms with Gasteiger partial charge in [0.1, 0.15) is 5.83 Å². The summed E-state index contributed by atoms with van der Waals surface area (Å²) >= 11 is 0. The molecule has 0 aliphatic heterocycles. The maximum Gasteiger partial charge on any atom is 0.178 e. The summed E-state index contributed by atoms with van der Waals surface area (Å²) in [4.78, 5) is 12.1. The Bertz CT molecular complexity index is 711. The lowest BCUT2D eigenvalue weighted by molar-refractivity contribution is -0.118. The molecule has 144 valence electrons. The second-order valence-corrected chi connectivity index (χ2v) is 9.75. The second-order valence-electron chi connectivity index (χ2n) is 9.75. The van der Waals surface area contributed by atoms with Gasteiger partial charge in [-0.05, 0) is 84.2 Å². The number of carbonyl (C=O) groups excluding carboxylic acids is 1. The molecule has 0 heterocycles. The molecule has 3 N–H and O–H groups in total. The number of ketones is 1. The van der Waals surface area contributed by atoms with Crippen molar-refractivity contribution < 1.29 is 14.3 Å². The topological polar surface area (TPSA) is 63.3 Å². The maximum absolute atomic E-state index is 14.5. The van der Waals surface area contributed by atoms with Crippen LogP contribution >= 0.6 is 0 Å². The average Bonchev–Trinajstić information content (AvgIpc) is 2.89. The zero-order valence-electron chi connectivity index (χ0n) is 16.3.